The number of halogens is 1. The lowest BCUT2D eigenvalue weighted by atomic mass is 9.94. The number of primary amides is 1. The molecule has 4 N–H and O–H groups in total. The summed E-state index contributed by atoms with van der Waals surface area (Å²) < 4.78 is 17.2. The maximum Gasteiger partial charge on any atom is 0.252 e. The van der Waals surface area contributed by atoms with E-state index >= 15 is 0 Å². The fourth-order valence-electron chi connectivity index (χ4n) is 4.26. The standard InChI is InChI=1S/C27H38FN5O/c1-7-8-11-33-15-18(6)20-13-19(9-10-24(20)33)30-26-21(25(29)34)14-22(28)27(32-26)31-23(17(4)5)12-16(2)3/h9-10,13-17,23H,7-8,11-12H2,1-6H3,(H2,29,34)(H2,30,31,32)/t23-/m1/s1. The van der Waals surface area contributed by atoms with Gasteiger partial charge >= 0.3 is 0 Å². The van der Waals surface area contributed by atoms with Crippen LogP contribution in [0.4, 0.5) is 21.7 Å². The second kappa shape index (κ2) is 10.9. The molecule has 0 spiro atoms. The molecular weight excluding hydrogens is 429 g/mol. The molecule has 0 aliphatic heterocycles. The number of amides is 1. The van der Waals surface area contributed by atoms with Gasteiger partial charge < -0.3 is 20.9 Å². The zero-order valence-corrected chi connectivity index (χ0v) is 21.2. The highest BCUT2D eigenvalue weighted by molar-refractivity contribution is 5.99. The van der Waals surface area contributed by atoms with E-state index in [2.05, 4.69) is 74.0 Å². The molecule has 0 fully saturated rings. The zero-order chi connectivity index (χ0) is 25.0. The fourth-order valence-corrected chi connectivity index (χ4v) is 4.26. The monoisotopic (exact) mass is 467 g/mol. The summed E-state index contributed by atoms with van der Waals surface area (Å²) >= 11 is 0. The van der Waals surface area contributed by atoms with Crippen LogP contribution in [0.15, 0.2) is 30.5 Å². The summed E-state index contributed by atoms with van der Waals surface area (Å²) in [6.07, 6.45) is 5.30. The molecule has 1 aromatic carbocycles. The minimum atomic E-state index is -0.731. The number of nitrogens with zero attached hydrogens (tertiary/aromatic N) is 2. The van der Waals surface area contributed by atoms with Crippen LogP contribution in [-0.4, -0.2) is 21.5 Å². The highest BCUT2D eigenvalue weighted by Crippen LogP contribution is 2.29. The van der Waals surface area contributed by atoms with Crippen molar-refractivity contribution in [1.29, 1.82) is 0 Å². The van der Waals surface area contributed by atoms with Gasteiger partial charge in [0, 0.05) is 35.4 Å². The van der Waals surface area contributed by atoms with Crippen LogP contribution in [0.2, 0.25) is 0 Å². The van der Waals surface area contributed by atoms with Gasteiger partial charge in [-0.15, -0.1) is 0 Å². The van der Waals surface area contributed by atoms with E-state index in [0.29, 0.717) is 5.92 Å². The summed E-state index contributed by atoms with van der Waals surface area (Å²) in [5.74, 6) is -0.220. The van der Waals surface area contributed by atoms with Crippen molar-refractivity contribution in [3.63, 3.8) is 0 Å². The summed E-state index contributed by atoms with van der Waals surface area (Å²) in [5, 5.41) is 7.58. The second-order valence-electron chi connectivity index (χ2n) is 9.92. The van der Waals surface area contributed by atoms with Crippen molar-refractivity contribution in [2.24, 2.45) is 17.6 Å². The Kier molecular flexibility index (Phi) is 8.18. The van der Waals surface area contributed by atoms with Crippen molar-refractivity contribution in [3.8, 4) is 0 Å². The molecule has 0 aliphatic carbocycles. The summed E-state index contributed by atoms with van der Waals surface area (Å²) in [6.45, 7) is 13.7. The SMILES string of the molecule is CCCCn1cc(C)c2cc(Nc3nc(N[C@H](CC(C)C)C(C)C)c(F)cc3C(N)=O)ccc21. The number of hydrogen-bond acceptors (Lipinski definition) is 4. The van der Waals surface area contributed by atoms with Crippen molar-refractivity contribution in [2.75, 3.05) is 10.6 Å². The highest BCUT2D eigenvalue weighted by atomic mass is 19.1. The Labute approximate surface area is 202 Å². The number of aryl methyl sites for hydroxylation is 2. The summed E-state index contributed by atoms with van der Waals surface area (Å²) in [6, 6.07) is 7.26. The van der Waals surface area contributed by atoms with Crippen LogP contribution in [0.25, 0.3) is 10.9 Å². The van der Waals surface area contributed by atoms with E-state index in [1.165, 1.54) is 5.56 Å². The van der Waals surface area contributed by atoms with Crippen molar-refractivity contribution < 1.29 is 9.18 Å². The number of aromatic nitrogens is 2. The zero-order valence-electron chi connectivity index (χ0n) is 21.2. The Bertz CT molecular complexity index is 1150. The summed E-state index contributed by atoms with van der Waals surface area (Å²) in [4.78, 5) is 16.5. The van der Waals surface area contributed by atoms with Crippen LogP contribution in [0.5, 0.6) is 0 Å². The van der Waals surface area contributed by atoms with Crippen LogP contribution in [0, 0.1) is 24.6 Å². The Morgan fingerprint density at radius 3 is 2.53 bits per heavy atom. The molecule has 1 atom stereocenters. The Morgan fingerprint density at radius 1 is 1.18 bits per heavy atom. The molecule has 34 heavy (non-hydrogen) atoms. The molecule has 0 saturated heterocycles. The number of rotatable bonds is 11. The molecule has 0 unspecified atom stereocenters. The predicted molar refractivity (Wildman–Crippen MR) is 139 cm³/mol. The molecule has 0 saturated carbocycles. The lowest BCUT2D eigenvalue weighted by Gasteiger charge is -2.25. The van der Waals surface area contributed by atoms with Gasteiger partial charge in [-0.3, -0.25) is 4.79 Å². The number of carbonyl (C=O) groups excluding carboxylic acids is 1. The molecule has 0 aliphatic rings. The van der Waals surface area contributed by atoms with Gasteiger partial charge in [-0.25, -0.2) is 9.37 Å². The van der Waals surface area contributed by atoms with E-state index in [0.717, 1.165) is 48.5 Å². The first-order valence-electron chi connectivity index (χ1n) is 12.2. The Morgan fingerprint density at radius 2 is 1.91 bits per heavy atom. The minimum absolute atomic E-state index is 0.0188. The van der Waals surface area contributed by atoms with Gasteiger partial charge in [0.15, 0.2) is 11.6 Å². The van der Waals surface area contributed by atoms with E-state index in [9.17, 15) is 9.18 Å². The Balaban J connectivity index is 1.96. The van der Waals surface area contributed by atoms with Gasteiger partial charge in [0.25, 0.3) is 5.91 Å². The first-order chi connectivity index (χ1) is 16.1. The van der Waals surface area contributed by atoms with Crippen molar-refractivity contribution >= 4 is 34.1 Å². The number of carbonyl (C=O) groups is 1. The first-order valence-corrected chi connectivity index (χ1v) is 12.2. The number of benzene rings is 1. The van der Waals surface area contributed by atoms with Crippen LogP contribution >= 0.6 is 0 Å². The van der Waals surface area contributed by atoms with E-state index < -0.39 is 11.7 Å². The molecule has 2 aromatic heterocycles. The fraction of sp³-hybridized carbons (Fsp3) is 0.481. The third-order valence-corrected chi connectivity index (χ3v) is 6.19. The van der Waals surface area contributed by atoms with E-state index in [1.54, 1.807) is 0 Å². The largest absolute Gasteiger partial charge is 0.365 e. The second-order valence-corrected chi connectivity index (χ2v) is 9.92. The van der Waals surface area contributed by atoms with Crippen LogP contribution in [-0.2, 0) is 6.54 Å². The molecule has 3 rings (SSSR count). The number of pyridine rings is 1. The molecule has 3 aromatic rings. The molecular formula is C27H38FN5O. The number of nitrogens with one attached hydrogen (secondary N) is 2. The summed E-state index contributed by atoms with van der Waals surface area (Å²) in [7, 11) is 0. The molecule has 2 heterocycles. The van der Waals surface area contributed by atoms with E-state index in [1.807, 2.05) is 12.1 Å². The average Bonchev–Trinajstić information content (AvgIpc) is 3.08. The molecule has 6 nitrogen and oxygen atoms in total. The molecule has 0 bridgehead atoms. The van der Waals surface area contributed by atoms with E-state index in [-0.39, 0.29) is 29.2 Å². The van der Waals surface area contributed by atoms with Crippen LogP contribution in [0.1, 0.15) is 69.8 Å². The van der Waals surface area contributed by atoms with Crippen molar-refractivity contribution in [2.45, 2.75) is 73.4 Å². The molecule has 184 valence electrons. The minimum Gasteiger partial charge on any atom is -0.365 e. The molecule has 7 heteroatoms. The third kappa shape index (κ3) is 5.88. The number of anilines is 3. The van der Waals surface area contributed by atoms with Gasteiger partial charge in [0.2, 0.25) is 0 Å². The number of hydrogen-bond donors (Lipinski definition) is 3. The topological polar surface area (TPSA) is 85.0 Å². The van der Waals surface area contributed by atoms with E-state index in [4.69, 9.17) is 5.73 Å². The molecule has 0 radical (unpaired) electrons. The van der Waals surface area contributed by atoms with Gasteiger partial charge in [0.05, 0.1) is 5.56 Å². The normalized spacial score (nSPS) is 12.5. The third-order valence-electron chi connectivity index (χ3n) is 6.19. The quantitative estimate of drug-likeness (QED) is 0.296. The van der Waals surface area contributed by atoms with Crippen LogP contribution < -0.4 is 16.4 Å². The number of fused-ring (bicyclic) bond motifs is 1. The average molecular weight is 468 g/mol. The highest BCUT2D eigenvalue weighted by Gasteiger charge is 2.21. The maximum absolute atomic E-state index is 14.9. The lowest BCUT2D eigenvalue weighted by molar-refractivity contribution is 0.100. The number of nitrogens with two attached hydrogens (primary N) is 1. The maximum atomic E-state index is 14.9. The van der Waals surface area contributed by atoms with Gasteiger partial charge in [-0.05, 0) is 61.4 Å². The van der Waals surface area contributed by atoms with Gasteiger partial charge in [-0.2, -0.15) is 0 Å². The van der Waals surface area contributed by atoms with Gasteiger partial charge in [0.1, 0.15) is 5.82 Å². The molecule has 1 amide bonds. The smallest absolute Gasteiger partial charge is 0.252 e. The lowest BCUT2D eigenvalue weighted by Crippen LogP contribution is -2.28. The summed E-state index contributed by atoms with van der Waals surface area (Å²) in [5.41, 5.74) is 8.67. The van der Waals surface area contributed by atoms with Crippen LogP contribution in [0.3, 0.4) is 0 Å². The van der Waals surface area contributed by atoms with Gasteiger partial charge in [-0.1, -0.05) is 41.0 Å². The number of unbranched alkanes of at least 4 members (excludes halogenated alkanes) is 1. The van der Waals surface area contributed by atoms with Crippen molar-refractivity contribution in [1.82, 2.24) is 9.55 Å². The predicted octanol–water partition coefficient (Wildman–Crippen LogP) is 6.61. The Hall–Kier alpha value is -3.09. The van der Waals surface area contributed by atoms with Crippen molar-refractivity contribution in [3.05, 3.63) is 47.4 Å². The first kappa shape index (κ1) is 25.5.